The Kier molecular flexibility index (Phi) is 5.80. The first-order valence-corrected chi connectivity index (χ1v) is 5.36. The van der Waals surface area contributed by atoms with E-state index >= 15 is 0 Å². The highest BCUT2D eigenvalue weighted by atomic mass is 16.3. The van der Waals surface area contributed by atoms with Crippen molar-refractivity contribution in [1.29, 1.82) is 0 Å². The smallest absolute Gasteiger partial charge is 0.234 e. The molecule has 0 fully saturated rings. The predicted molar refractivity (Wildman–Crippen MR) is 65.9 cm³/mol. The third-order valence-corrected chi connectivity index (χ3v) is 2.21. The molecule has 1 aromatic rings. The van der Waals surface area contributed by atoms with Crippen LogP contribution in [0.2, 0.25) is 0 Å². The number of carbonyl (C=O) groups excluding carboxylic acids is 1. The zero-order valence-corrected chi connectivity index (χ0v) is 9.57. The summed E-state index contributed by atoms with van der Waals surface area (Å²) in [6.07, 6.45) is 5.04. The molecule has 0 radical (unpaired) electrons. The maximum Gasteiger partial charge on any atom is 0.234 e. The van der Waals surface area contributed by atoms with E-state index in [4.69, 9.17) is 11.5 Å². The molecule has 17 heavy (non-hydrogen) atoms. The standard InChI is InChI=1S/C13H16N2O2/c1-2-7-14-9-13(17)15-8-11-3-5-12(10-16)6-4-11/h1,3-6,14,16H,7-10H2,(H,15,17). The van der Waals surface area contributed by atoms with Gasteiger partial charge >= 0.3 is 0 Å². The molecule has 90 valence electrons. The van der Waals surface area contributed by atoms with Gasteiger partial charge in [0.1, 0.15) is 0 Å². The van der Waals surface area contributed by atoms with Crippen LogP contribution in [0.1, 0.15) is 11.1 Å². The lowest BCUT2D eigenvalue weighted by molar-refractivity contribution is -0.120. The second-order valence-electron chi connectivity index (χ2n) is 3.56. The fourth-order valence-corrected chi connectivity index (χ4v) is 1.27. The van der Waals surface area contributed by atoms with Crippen LogP contribution in [0.4, 0.5) is 0 Å². The normalized spacial score (nSPS) is 9.65. The van der Waals surface area contributed by atoms with Crippen LogP contribution >= 0.6 is 0 Å². The number of rotatable bonds is 6. The van der Waals surface area contributed by atoms with Gasteiger partial charge in [-0.25, -0.2) is 0 Å². The molecule has 0 saturated carbocycles. The number of nitrogens with one attached hydrogen (secondary N) is 2. The molecule has 0 unspecified atom stereocenters. The first-order chi connectivity index (χ1) is 8.26. The Labute approximate surface area is 101 Å². The lowest BCUT2D eigenvalue weighted by atomic mass is 10.1. The van der Waals surface area contributed by atoms with Crippen LogP contribution in [-0.4, -0.2) is 24.1 Å². The molecule has 0 bridgehead atoms. The number of benzene rings is 1. The van der Waals surface area contributed by atoms with Crippen molar-refractivity contribution in [2.45, 2.75) is 13.2 Å². The second-order valence-corrected chi connectivity index (χ2v) is 3.56. The number of hydrogen-bond acceptors (Lipinski definition) is 3. The molecular formula is C13H16N2O2. The predicted octanol–water partition coefficient (Wildman–Crippen LogP) is 0.0179. The summed E-state index contributed by atoms with van der Waals surface area (Å²) in [5.41, 5.74) is 1.85. The van der Waals surface area contributed by atoms with E-state index in [-0.39, 0.29) is 19.1 Å². The third-order valence-electron chi connectivity index (χ3n) is 2.21. The highest BCUT2D eigenvalue weighted by Gasteiger charge is 2.00. The number of aliphatic hydroxyl groups excluding tert-OH is 1. The van der Waals surface area contributed by atoms with Crippen LogP contribution in [-0.2, 0) is 17.9 Å². The van der Waals surface area contributed by atoms with E-state index in [0.717, 1.165) is 11.1 Å². The van der Waals surface area contributed by atoms with Crippen molar-refractivity contribution >= 4 is 5.91 Å². The van der Waals surface area contributed by atoms with Crippen molar-refractivity contribution in [3.63, 3.8) is 0 Å². The summed E-state index contributed by atoms with van der Waals surface area (Å²) in [5, 5.41) is 14.4. The molecular weight excluding hydrogens is 216 g/mol. The van der Waals surface area contributed by atoms with Gasteiger partial charge in [0.15, 0.2) is 0 Å². The molecule has 1 rings (SSSR count). The van der Waals surface area contributed by atoms with Crippen LogP contribution < -0.4 is 10.6 Å². The molecule has 0 saturated heterocycles. The Hall–Kier alpha value is -1.83. The third kappa shape index (κ3) is 5.16. The minimum Gasteiger partial charge on any atom is -0.392 e. The molecule has 0 atom stereocenters. The molecule has 4 heteroatoms. The second kappa shape index (κ2) is 7.44. The van der Waals surface area contributed by atoms with E-state index in [9.17, 15) is 4.79 Å². The van der Waals surface area contributed by atoms with Gasteiger partial charge in [0.25, 0.3) is 0 Å². The first kappa shape index (κ1) is 13.2. The van der Waals surface area contributed by atoms with Gasteiger partial charge in [-0.1, -0.05) is 30.2 Å². The topological polar surface area (TPSA) is 61.4 Å². The summed E-state index contributed by atoms with van der Waals surface area (Å²) in [6, 6.07) is 7.41. The van der Waals surface area contributed by atoms with Crippen molar-refractivity contribution in [3.8, 4) is 12.3 Å². The highest BCUT2D eigenvalue weighted by molar-refractivity contribution is 5.77. The maximum atomic E-state index is 11.3. The molecule has 4 nitrogen and oxygen atoms in total. The average molecular weight is 232 g/mol. The molecule has 0 aliphatic heterocycles. The molecule has 0 aromatic heterocycles. The zero-order valence-electron chi connectivity index (χ0n) is 9.57. The number of hydrogen-bond donors (Lipinski definition) is 3. The van der Waals surface area contributed by atoms with Crippen molar-refractivity contribution in [2.24, 2.45) is 0 Å². The van der Waals surface area contributed by atoms with Gasteiger partial charge in [-0.3, -0.25) is 10.1 Å². The van der Waals surface area contributed by atoms with Gasteiger partial charge in [0.05, 0.1) is 19.7 Å². The van der Waals surface area contributed by atoms with Gasteiger partial charge < -0.3 is 10.4 Å². The summed E-state index contributed by atoms with van der Waals surface area (Å²) in [4.78, 5) is 11.3. The SMILES string of the molecule is C#CCNCC(=O)NCc1ccc(CO)cc1. The number of aliphatic hydroxyl groups is 1. The minimum absolute atomic E-state index is 0.0304. The highest BCUT2D eigenvalue weighted by Crippen LogP contribution is 2.03. The Bertz CT molecular complexity index is 393. The summed E-state index contributed by atoms with van der Waals surface area (Å²) in [6.45, 7) is 1.11. The van der Waals surface area contributed by atoms with Gasteiger partial charge in [0.2, 0.25) is 5.91 Å². The van der Waals surface area contributed by atoms with E-state index in [2.05, 4.69) is 16.6 Å². The number of carbonyl (C=O) groups is 1. The van der Waals surface area contributed by atoms with Crippen LogP contribution in [0, 0.1) is 12.3 Å². The number of amides is 1. The summed E-state index contributed by atoms with van der Waals surface area (Å²) >= 11 is 0. The fourth-order valence-electron chi connectivity index (χ4n) is 1.27. The van der Waals surface area contributed by atoms with E-state index in [0.29, 0.717) is 13.1 Å². The molecule has 3 N–H and O–H groups in total. The fraction of sp³-hybridized carbons (Fsp3) is 0.308. The van der Waals surface area contributed by atoms with Gasteiger partial charge in [-0.05, 0) is 11.1 Å². The Morgan fingerprint density at radius 2 is 1.94 bits per heavy atom. The summed E-state index contributed by atoms with van der Waals surface area (Å²) in [5.74, 6) is 2.30. The van der Waals surface area contributed by atoms with E-state index in [1.54, 1.807) is 0 Å². The Morgan fingerprint density at radius 1 is 1.29 bits per heavy atom. The van der Waals surface area contributed by atoms with Gasteiger partial charge in [-0.15, -0.1) is 6.42 Å². The summed E-state index contributed by atoms with van der Waals surface area (Å²) in [7, 11) is 0. The van der Waals surface area contributed by atoms with Crippen molar-refractivity contribution in [2.75, 3.05) is 13.1 Å². The average Bonchev–Trinajstić information content (AvgIpc) is 2.37. The minimum atomic E-state index is -0.0912. The van der Waals surface area contributed by atoms with E-state index in [1.165, 1.54) is 0 Å². The van der Waals surface area contributed by atoms with E-state index < -0.39 is 0 Å². The van der Waals surface area contributed by atoms with Crippen molar-refractivity contribution in [1.82, 2.24) is 10.6 Å². The van der Waals surface area contributed by atoms with Crippen molar-refractivity contribution in [3.05, 3.63) is 35.4 Å². The molecule has 0 spiro atoms. The zero-order chi connectivity index (χ0) is 12.5. The molecule has 1 amide bonds. The maximum absolute atomic E-state index is 11.3. The lowest BCUT2D eigenvalue weighted by Gasteiger charge is -2.06. The Balaban J connectivity index is 2.29. The quantitative estimate of drug-likeness (QED) is 0.478. The van der Waals surface area contributed by atoms with Crippen LogP contribution in [0.5, 0.6) is 0 Å². The molecule has 0 aliphatic rings. The van der Waals surface area contributed by atoms with Gasteiger partial charge in [0, 0.05) is 6.54 Å². The first-order valence-electron chi connectivity index (χ1n) is 5.36. The van der Waals surface area contributed by atoms with Crippen LogP contribution in [0.25, 0.3) is 0 Å². The molecule has 0 aliphatic carbocycles. The Morgan fingerprint density at radius 3 is 2.53 bits per heavy atom. The van der Waals surface area contributed by atoms with Gasteiger partial charge in [-0.2, -0.15) is 0 Å². The monoisotopic (exact) mass is 232 g/mol. The van der Waals surface area contributed by atoms with Crippen LogP contribution in [0.15, 0.2) is 24.3 Å². The van der Waals surface area contributed by atoms with Crippen LogP contribution in [0.3, 0.4) is 0 Å². The van der Waals surface area contributed by atoms with E-state index in [1.807, 2.05) is 24.3 Å². The molecule has 0 heterocycles. The van der Waals surface area contributed by atoms with Crippen molar-refractivity contribution < 1.29 is 9.90 Å². The summed E-state index contributed by atoms with van der Waals surface area (Å²) < 4.78 is 0. The lowest BCUT2D eigenvalue weighted by Crippen LogP contribution is -2.33. The number of terminal acetylenes is 1. The molecule has 1 aromatic carbocycles. The largest absolute Gasteiger partial charge is 0.392 e.